The van der Waals surface area contributed by atoms with Gasteiger partial charge in [0.25, 0.3) is 0 Å². The lowest BCUT2D eigenvalue weighted by Gasteiger charge is -2.20. The summed E-state index contributed by atoms with van der Waals surface area (Å²) in [6.07, 6.45) is 0.414. The summed E-state index contributed by atoms with van der Waals surface area (Å²) in [5.41, 5.74) is 11.2. The van der Waals surface area contributed by atoms with Crippen molar-refractivity contribution in [3.63, 3.8) is 0 Å². The molecule has 54 heavy (non-hydrogen) atoms. The van der Waals surface area contributed by atoms with Gasteiger partial charge in [-0.25, -0.2) is 14.5 Å². The molecular formula is C35H48F3N7O8S. The van der Waals surface area contributed by atoms with E-state index in [1.807, 2.05) is 18.5 Å². The van der Waals surface area contributed by atoms with Gasteiger partial charge in [0.2, 0.25) is 0 Å². The number of rotatable bonds is 25. The van der Waals surface area contributed by atoms with Crippen LogP contribution in [0.15, 0.2) is 54.3 Å². The number of carboxylic acids is 1. The Morgan fingerprint density at radius 2 is 1.44 bits per heavy atom. The maximum Gasteiger partial charge on any atom is 0.490 e. The number of nitrogens with zero attached hydrogens (tertiary/aromatic N) is 6. The van der Waals surface area contributed by atoms with Crippen molar-refractivity contribution in [3.8, 4) is 22.5 Å². The highest BCUT2D eigenvalue weighted by Gasteiger charge is 2.38. The molecule has 3 heterocycles. The van der Waals surface area contributed by atoms with Crippen LogP contribution in [0.1, 0.15) is 12.5 Å². The summed E-state index contributed by atoms with van der Waals surface area (Å²) in [7, 11) is 0. The molecule has 0 saturated carbocycles. The van der Waals surface area contributed by atoms with Gasteiger partial charge >= 0.3 is 12.1 Å². The molecule has 4 aromatic rings. The van der Waals surface area contributed by atoms with Crippen LogP contribution in [-0.4, -0.2) is 135 Å². The Kier molecular flexibility index (Phi) is 20.6. The van der Waals surface area contributed by atoms with Crippen molar-refractivity contribution in [2.75, 3.05) is 97.3 Å². The molecule has 0 aliphatic carbocycles. The number of nitrogens with two attached hydrogens (primary N) is 1. The van der Waals surface area contributed by atoms with E-state index in [4.69, 9.17) is 49.0 Å². The highest BCUT2D eigenvalue weighted by molar-refractivity contribution is 7.14. The summed E-state index contributed by atoms with van der Waals surface area (Å²) >= 11 is 1.62. The number of benzene rings is 1. The number of carboxylic acid groups (broad SMARTS) is 1. The summed E-state index contributed by atoms with van der Waals surface area (Å²) in [5.74, 6) is -2.76. The van der Waals surface area contributed by atoms with Crippen LogP contribution in [0.25, 0.3) is 22.5 Å². The number of alkyl halides is 3. The van der Waals surface area contributed by atoms with Crippen LogP contribution in [-0.2, 0) is 39.8 Å². The number of hydrogen-bond acceptors (Lipinski definition) is 14. The first kappa shape index (κ1) is 44.3. The predicted octanol–water partition coefficient (Wildman–Crippen LogP) is 4.62. The fourth-order valence-electron chi connectivity index (χ4n) is 4.53. The number of halogens is 3. The van der Waals surface area contributed by atoms with Crippen molar-refractivity contribution >= 4 is 28.1 Å². The Morgan fingerprint density at radius 1 is 0.870 bits per heavy atom. The predicted molar refractivity (Wildman–Crippen MR) is 196 cm³/mol. The third-order valence-corrected chi connectivity index (χ3v) is 7.96. The summed E-state index contributed by atoms with van der Waals surface area (Å²) in [6.45, 7) is 12.3. The van der Waals surface area contributed by atoms with Gasteiger partial charge in [-0.15, -0.1) is 16.4 Å². The quantitative estimate of drug-likeness (QED) is 0.0890. The number of aryl methyl sites for hydroxylation is 1. The first-order chi connectivity index (χ1) is 26.1. The van der Waals surface area contributed by atoms with Gasteiger partial charge in [0.05, 0.1) is 97.7 Å². The van der Waals surface area contributed by atoms with E-state index < -0.39 is 12.1 Å². The first-order valence-electron chi connectivity index (χ1n) is 17.2. The van der Waals surface area contributed by atoms with Gasteiger partial charge in [0.15, 0.2) is 5.13 Å². The van der Waals surface area contributed by atoms with Crippen molar-refractivity contribution in [1.29, 1.82) is 0 Å². The maximum atomic E-state index is 10.6. The average molecular weight is 784 g/mol. The lowest BCUT2D eigenvalue weighted by Crippen LogP contribution is -2.21. The lowest BCUT2D eigenvalue weighted by molar-refractivity contribution is -0.192. The number of thiazole rings is 1. The molecule has 0 atom stereocenters. The number of pyridine rings is 1. The first-order valence-corrected chi connectivity index (χ1v) is 18.1. The topological polar surface area (TPSA) is 178 Å². The van der Waals surface area contributed by atoms with Crippen LogP contribution in [0.5, 0.6) is 0 Å². The minimum absolute atomic E-state index is 0.484. The van der Waals surface area contributed by atoms with Gasteiger partial charge in [-0.05, 0) is 37.6 Å². The summed E-state index contributed by atoms with van der Waals surface area (Å²) < 4.78 is 66.4. The molecule has 0 saturated heterocycles. The number of hydrogen-bond donors (Lipinski definition) is 2. The second-order valence-corrected chi connectivity index (χ2v) is 12.0. The smallest absolute Gasteiger partial charge is 0.475 e. The van der Waals surface area contributed by atoms with E-state index in [9.17, 15) is 13.2 Å². The summed E-state index contributed by atoms with van der Waals surface area (Å²) in [6, 6.07) is 10.4. The fourth-order valence-corrected chi connectivity index (χ4v) is 5.44. The number of aliphatic carboxylic acids is 1. The molecule has 0 bridgehead atoms. The van der Waals surface area contributed by atoms with Crippen molar-refractivity contribution in [2.24, 2.45) is 5.73 Å². The highest BCUT2D eigenvalue weighted by Crippen LogP contribution is 2.35. The second-order valence-electron chi connectivity index (χ2n) is 11.2. The van der Waals surface area contributed by atoms with Crippen molar-refractivity contribution in [1.82, 2.24) is 25.0 Å². The molecule has 3 N–H and O–H groups in total. The molecule has 0 amide bonds. The van der Waals surface area contributed by atoms with Crippen molar-refractivity contribution < 1.29 is 51.5 Å². The summed E-state index contributed by atoms with van der Waals surface area (Å²) in [5, 5.41) is 18.9. The standard InChI is InChI=1S/C33H47N7O6S.C2HF3O2/c1-3-40(28-6-4-5-27(2)23-28)33-36-32(26-47-33)29-7-9-35-24-30(29)31-25-39(38-37-31)10-12-42-14-16-44-18-20-46-22-21-45-19-17-43-15-13-41-11-8-34;3-2(4,5)1(6)7/h4-7,9,23-26H,3,8,10-22,34H2,1-2H3;(H,6,7). The minimum Gasteiger partial charge on any atom is -0.475 e. The van der Waals surface area contributed by atoms with Gasteiger partial charge in [-0.1, -0.05) is 17.3 Å². The highest BCUT2D eigenvalue weighted by atomic mass is 32.1. The molecule has 4 rings (SSSR count). The maximum absolute atomic E-state index is 10.6. The largest absolute Gasteiger partial charge is 0.490 e. The third-order valence-electron chi connectivity index (χ3n) is 7.09. The Labute approximate surface area is 316 Å². The fraction of sp³-hybridized carbons (Fsp3) is 0.514. The molecule has 3 aromatic heterocycles. The van der Waals surface area contributed by atoms with E-state index in [1.165, 1.54) is 5.56 Å². The van der Waals surface area contributed by atoms with E-state index in [2.05, 4.69) is 63.7 Å². The van der Waals surface area contributed by atoms with E-state index >= 15 is 0 Å². The van der Waals surface area contributed by atoms with Crippen LogP contribution >= 0.6 is 11.3 Å². The van der Waals surface area contributed by atoms with E-state index in [-0.39, 0.29) is 0 Å². The zero-order chi connectivity index (χ0) is 39.0. The van der Waals surface area contributed by atoms with Gasteiger partial charge in [-0.3, -0.25) is 4.98 Å². The molecule has 1 aromatic carbocycles. The molecule has 0 aliphatic rings. The molecule has 0 fully saturated rings. The zero-order valence-electron chi connectivity index (χ0n) is 30.4. The Morgan fingerprint density at radius 3 is 1.98 bits per heavy atom. The zero-order valence-corrected chi connectivity index (χ0v) is 31.2. The molecular weight excluding hydrogens is 735 g/mol. The van der Waals surface area contributed by atoms with Crippen molar-refractivity contribution in [3.05, 3.63) is 59.9 Å². The second kappa shape index (κ2) is 25.1. The minimum atomic E-state index is -5.08. The molecule has 19 heteroatoms. The molecule has 15 nitrogen and oxygen atoms in total. The number of anilines is 2. The molecule has 0 spiro atoms. The van der Waals surface area contributed by atoms with Crippen LogP contribution < -0.4 is 10.6 Å². The van der Waals surface area contributed by atoms with Gasteiger partial charge in [-0.2, -0.15) is 13.2 Å². The number of aromatic nitrogens is 5. The SMILES string of the molecule is CCN(c1cccc(C)c1)c1nc(-c2ccncc2-c2cn(CCOCCOCCOCCOCCOCCOCCN)nn2)cs1.O=C(O)C(F)(F)F. The van der Waals surface area contributed by atoms with Crippen LogP contribution in [0.3, 0.4) is 0 Å². The molecule has 0 aliphatic heterocycles. The average Bonchev–Trinajstić information content (AvgIpc) is 3.84. The van der Waals surface area contributed by atoms with Crippen LogP contribution in [0, 0.1) is 6.92 Å². The van der Waals surface area contributed by atoms with Crippen molar-refractivity contribution in [2.45, 2.75) is 26.6 Å². The summed E-state index contributed by atoms with van der Waals surface area (Å²) in [4.78, 5) is 20.5. The van der Waals surface area contributed by atoms with E-state index in [0.29, 0.717) is 92.4 Å². The molecule has 298 valence electrons. The number of carbonyl (C=O) groups is 1. The van der Waals surface area contributed by atoms with Gasteiger partial charge < -0.3 is 44.2 Å². The molecule has 0 unspecified atom stereocenters. The van der Waals surface area contributed by atoms with E-state index in [0.717, 1.165) is 39.9 Å². The lowest BCUT2D eigenvalue weighted by atomic mass is 10.1. The third kappa shape index (κ3) is 16.5. The number of ether oxygens (including phenoxy) is 6. The Balaban J connectivity index is 0.00000102. The van der Waals surface area contributed by atoms with E-state index in [1.54, 1.807) is 22.2 Å². The Bertz CT molecular complexity index is 1630. The van der Waals surface area contributed by atoms with Gasteiger partial charge in [0, 0.05) is 47.7 Å². The van der Waals surface area contributed by atoms with Crippen LogP contribution in [0.4, 0.5) is 24.0 Å². The van der Waals surface area contributed by atoms with Gasteiger partial charge in [0.1, 0.15) is 5.69 Å². The normalized spacial score (nSPS) is 11.4. The van der Waals surface area contributed by atoms with Crippen LogP contribution in [0.2, 0.25) is 0 Å². The Hall–Kier alpha value is -4.08. The molecule has 0 radical (unpaired) electrons. The monoisotopic (exact) mass is 783 g/mol.